The molecule has 1 aromatic carbocycles. The number of hydrogen-bond acceptors (Lipinski definition) is 7. The number of carbonyl (C=O) groups excluding carboxylic acids is 1. The summed E-state index contributed by atoms with van der Waals surface area (Å²) in [4.78, 5) is 29.8. The van der Waals surface area contributed by atoms with Gasteiger partial charge in [-0.05, 0) is 12.1 Å². The topological polar surface area (TPSA) is 71.5 Å². The van der Waals surface area contributed by atoms with E-state index in [1.54, 1.807) is 24.9 Å². The first-order chi connectivity index (χ1) is 13.6. The Labute approximate surface area is 171 Å². The molecule has 144 valence electrons. The van der Waals surface area contributed by atoms with E-state index in [1.165, 1.54) is 11.3 Å². The Kier molecular flexibility index (Phi) is 5.40. The molecule has 0 atom stereocenters. The lowest BCUT2D eigenvalue weighted by molar-refractivity contribution is 0.0741. The van der Waals surface area contributed by atoms with Gasteiger partial charge in [0.2, 0.25) is 5.88 Å². The second-order valence-electron chi connectivity index (χ2n) is 6.25. The highest BCUT2D eigenvalue weighted by Crippen LogP contribution is 2.26. The predicted molar refractivity (Wildman–Crippen MR) is 109 cm³/mol. The fraction of sp³-hybridized carbons (Fsp3) is 0.263. The summed E-state index contributed by atoms with van der Waals surface area (Å²) in [6.07, 6.45) is 3.28. The SMILES string of the molecule is COc1cncc(N2CCN(C(=O)c3csc(-c4cccc(Cl)c4)n3)CC2)n1. The van der Waals surface area contributed by atoms with E-state index in [0.29, 0.717) is 42.8 Å². The van der Waals surface area contributed by atoms with Crippen molar-refractivity contribution in [3.63, 3.8) is 0 Å². The molecule has 1 fully saturated rings. The molecule has 0 N–H and O–H groups in total. The van der Waals surface area contributed by atoms with Crippen molar-refractivity contribution in [2.24, 2.45) is 0 Å². The van der Waals surface area contributed by atoms with E-state index in [9.17, 15) is 4.79 Å². The number of halogens is 1. The van der Waals surface area contributed by atoms with Gasteiger partial charge in [-0.1, -0.05) is 23.7 Å². The van der Waals surface area contributed by atoms with E-state index in [4.69, 9.17) is 16.3 Å². The Hall–Kier alpha value is -2.71. The fourth-order valence-corrected chi connectivity index (χ4v) is 4.00. The van der Waals surface area contributed by atoms with Crippen LogP contribution in [-0.4, -0.2) is 59.0 Å². The van der Waals surface area contributed by atoms with Crippen LogP contribution >= 0.6 is 22.9 Å². The van der Waals surface area contributed by atoms with Gasteiger partial charge in [0.15, 0.2) is 5.82 Å². The van der Waals surface area contributed by atoms with E-state index in [2.05, 4.69) is 19.9 Å². The van der Waals surface area contributed by atoms with Crippen molar-refractivity contribution in [3.8, 4) is 16.5 Å². The van der Waals surface area contributed by atoms with Gasteiger partial charge in [0.25, 0.3) is 5.91 Å². The first kappa shape index (κ1) is 18.6. The Morgan fingerprint density at radius 2 is 2.00 bits per heavy atom. The molecule has 0 aliphatic carbocycles. The zero-order chi connectivity index (χ0) is 19.5. The highest BCUT2D eigenvalue weighted by molar-refractivity contribution is 7.13. The second kappa shape index (κ2) is 8.12. The Balaban J connectivity index is 1.41. The van der Waals surface area contributed by atoms with Gasteiger partial charge in [-0.2, -0.15) is 4.98 Å². The summed E-state index contributed by atoms with van der Waals surface area (Å²) in [5.74, 6) is 1.18. The van der Waals surface area contributed by atoms with Crippen LogP contribution < -0.4 is 9.64 Å². The molecule has 3 aromatic rings. The van der Waals surface area contributed by atoms with Crippen molar-refractivity contribution in [2.45, 2.75) is 0 Å². The first-order valence-corrected chi connectivity index (χ1v) is 10.0. The third-order valence-electron chi connectivity index (χ3n) is 4.49. The van der Waals surface area contributed by atoms with E-state index >= 15 is 0 Å². The molecule has 0 saturated carbocycles. The minimum absolute atomic E-state index is 0.0547. The summed E-state index contributed by atoms with van der Waals surface area (Å²) in [5.41, 5.74) is 1.38. The number of amides is 1. The smallest absolute Gasteiger partial charge is 0.273 e. The molecule has 3 heterocycles. The summed E-state index contributed by atoms with van der Waals surface area (Å²) in [6, 6.07) is 7.48. The molecule has 0 unspecified atom stereocenters. The van der Waals surface area contributed by atoms with Gasteiger partial charge in [-0.3, -0.25) is 9.78 Å². The summed E-state index contributed by atoms with van der Waals surface area (Å²) < 4.78 is 5.13. The average Bonchev–Trinajstić information content (AvgIpc) is 3.24. The maximum Gasteiger partial charge on any atom is 0.273 e. The summed E-state index contributed by atoms with van der Waals surface area (Å²) in [6.45, 7) is 2.56. The lowest BCUT2D eigenvalue weighted by Gasteiger charge is -2.34. The molecule has 1 aliphatic heterocycles. The number of thiazole rings is 1. The minimum atomic E-state index is -0.0547. The Bertz CT molecular complexity index is 988. The van der Waals surface area contributed by atoms with Crippen molar-refractivity contribution in [2.75, 3.05) is 38.2 Å². The number of anilines is 1. The van der Waals surface area contributed by atoms with Crippen LogP contribution in [0.2, 0.25) is 5.02 Å². The third-order valence-corrected chi connectivity index (χ3v) is 5.62. The highest BCUT2D eigenvalue weighted by Gasteiger charge is 2.25. The van der Waals surface area contributed by atoms with Crippen molar-refractivity contribution in [1.82, 2.24) is 19.9 Å². The lowest BCUT2D eigenvalue weighted by atomic mass is 10.2. The monoisotopic (exact) mass is 415 g/mol. The van der Waals surface area contributed by atoms with Crippen molar-refractivity contribution < 1.29 is 9.53 Å². The van der Waals surface area contributed by atoms with Crippen LogP contribution in [0.1, 0.15) is 10.5 Å². The molecule has 1 saturated heterocycles. The number of benzene rings is 1. The van der Waals surface area contributed by atoms with Crippen LogP contribution in [0.15, 0.2) is 42.0 Å². The van der Waals surface area contributed by atoms with Gasteiger partial charge in [0, 0.05) is 42.1 Å². The number of ether oxygens (including phenoxy) is 1. The van der Waals surface area contributed by atoms with Gasteiger partial charge in [-0.15, -0.1) is 11.3 Å². The second-order valence-corrected chi connectivity index (χ2v) is 7.54. The van der Waals surface area contributed by atoms with Crippen LogP contribution in [-0.2, 0) is 0 Å². The molecule has 1 aliphatic rings. The number of nitrogens with zero attached hydrogens (tertiary/aromatic N) is 5. The van der Waals surface area contributed by atoms with Crippen LogP contribution in [0.3, 0.4) is 0 Å². The number of carbonyl (C=O) groups is 1. The Morgan fingerprint density at radius 1 is 1.18 bits per heavy atom. The first-order valence-electron chi connectivity index (χ1n) is 8.76. The zero-order valence-corrected chi connectivity index (χ0v) is 16.8. The molecule has 7 nitrogen and oxygen atoms in total. The van der Waals surface area contributed by atoms with Crippen molar-refractivity contribution >= 4 is 34.7 Å². The summed E-state index contributed by atoms with van der Waals surface area (Å²) in [7, 11) is 1.57. The number of aromatic nitrogens is 3. The predicted octanol–water partition coefficient (Wildman–Crippen LogP) is 3.22. The molecule has 9 heteroatoms. The highest BCUT2D eigenvalue weighted by atomic mass is 35.5. The molecular weight excluding hydrogens is 398 g/mol. The molecule has 0 bridgehead atoms. The maximum absolute atomic E-state index is 12.8. The molecule has 4 rings (SSSR count). The lowest BCUT2D eigenvalue weighted by Crippen LogP contribution is -2.49. The summed E-state index contributed by atoms with van der Waals surface area (Å²) >= 11 is 7.49. The number of rotatable bonds is 4. The Morgan fingerprint density at radius 3 is 2.75 bits per heavy atom. The quantitative estimate of drug-likeness (QED) is 0.651. The van der Waals surface area contributed by atoms with Gasteiger partial charge in [-0.25, -0.2) is 4.98 Å². The fourth-order valence-electron chi connectivity index (χ4n) is 3.02. The maximum atomic E-state index is 12.8. The molecule has 28 heavy (non-hydrogen) atoms. The largest absolute Gasteiger partial charge is 0.480 e. The number of piperazine rings is 1. The normalized spacial score (nSPS) is 14.2. The number of hydrogen-bond donors (Lipinski definition) is 0. The third kappa shape index (κ3) is 3.93. The van der Waals surface area contributed by atoms with Gasteiger partial charge < -0.3 is 14.5 Å². The number of methoxy groups -OCH3 is 1. The molecule has 0 radical (unpaired) electrons. The zero-order valence-electron chi connectivity index (χ0n) is 15.2. The average molecular weight is 416 g/mol. The van der Waals surface area contributed by atoms with E-state index in [-0.39, 0.29) is 5.91 Å². The molecule has 0 spiro atoms. The molecular formula is C19H18ClN5O2S. The molecule has 1 amide bonds. The van der Waals surface area contributed by atoms with Crippen LogP contribution in [0.25, 0.3) is 10.6 Å². The van der Waals surface area contributed by atoms with Gasteiger partial charge in [0.1, 0.15) is 10.7 Å². The van der Waals surface area contributed by atoms with Crippen LogP contribution in [0.5, 0.6) is 5.88 Å². The van der Waals surface area contributed by atoms with Crippen LogP contribution in [0.4, 0.5) is 5.82 Å². The standard InChI is InChI=1S/C19H18ClN5O2S/c1-27-17-11-21-10-16(23-17)24-5-7-25(8-6-24)19(26)15-12-28-18(22-15)13-3-2-4-14(20)9-13/h2-4,9-12H,5-8H2,1H3. The van der Waals surface area contributed by atoms with E-state index < -0.39 is 0 Å². The van der Waals surface area contributed by atoms with Gasteiger partial charge in [0.05, 0.1) is 19.5 Å². The van der Waals surface area contributed by atoms with E-state index in [0.717, 1.165) is 16.4 Å². The minimum Gasteiger partial charge on any atom is -0.480 e. The van der Waals surface area contributed by atoms with Crippen molar-refractivity contribution in [3.05, 3.63) is 52.8 Å². The summed E-state index contributed by atoms with van der Waals surface area (Å²) in [5, 5.41) is 3.24. The van der Waals surface area contributed by atoms with Crippen molar-refractivity contribution in [1.29, 1.82) is 0 Å². The van der Waals surface area contributed by atoms with Crippen LogP contribution in [0, 0.1) is 0 Å². The molecule has 2 aromatic heterocycles. The van der Waals surface area contributed by atoms with Gasteiger partial charge >= 0.3 is 0 Å². The van der Waals surface area contributed by atoms with E-state index in [1.807, 2.05) is 29.2 Å².